The normalized spacial score (nSPS) is 11.3. The highest BCUT2D eigenvalue weighted by Crippen LogP contribution is 2.24. The van der Waals surface area contributed by atoms with Crippen LogP contribution in [-0.4, -0.2) is 5.54 Å². The van der Waals surface area contributed by atoms with E-state index in [1.54, 1.807) is 0 Å². The Labute approximate surface area is 122 Å². The van der Waals surface area contributed by atoms with Gasteiger partial charge in [0.25, 0.3) is 0 Å². The number of aryl methyl sites for hydroxylation is 2. The Bertz CT molecular complexity index is 559. The molecule has 0 saturated carbocycles. The second-order valence-electron chi connectivity index (χ2n) is 6.07. The summed E-state index contributed by atoms with van der Waals surface area (Å²) in [5, 5.41) is 3.63. The summed E-state index contributed by atoms with van der Waals surface area (Å²) in [7, 11) is 0. The van der Waals surface area contributed by atoms with Gasteiger partial charge in [-0.2, -0.15) is 0 Å². The van der Waals surface area contributed by atoms with Gasteiger partial charge in [0.15, 0.2) is 0 Å². The number of nitrogens with one attached hydrogen (secondary N) is 1. The Hall–Kier alpha value is -1.96. The quantitative estimate of drug-likeness (QED) is 0.789. The number of nitrogens with two attached hydrogens (primary N) is 1. The SMILES string of the molecule is Cc1cc(N)ccc1NC(C)(C)CCc1ccccc1. The molecule has 2 rings (SSSR count). The molecule has 0 aliphatic heterocycles. The van der Waals surface area contributed by atoms with Crippen molar-refractivity contribution in [1.82, 2.24) is 0 Å². The average Bonchev–Trinajstić information content (AvgIpc) is 2.41. The highest BCUT2D eigenvalue weighted by atomic mass is 15.0. The Balaban J connectivity index is 2.00. The lowest BCUT2D eigenvalue weighted by atomic mass is 9.94. The van der Waals surface area contributed by atoms with Gasteiger partial charge >= 0.3 is 0 Å². The van der Waals surface area contributed by atoms with Crippen molar-refractivity contribution in [3.05, 3.63) is 59.7 Å². The molecule has 0 bridgehead atoms. The van der Waals surface area contributed by atoms with Gasteiger partial charge in [-0.1, -0.05) is 30.3 Å². The van der Waals surface area contributed by atoms with Crippen molar-refractivity contribution in [2.45, 2.75) is 39.2 Å². The van der Waals surface area contributed by atoms with Crippen molar-refractivity contribution in [3.8, 4) is 0 Å². The molecule has 3 N–H and O–H groups in total. The van der Waals surface area contributed by atoms with Gasteiger partial charge in [0.05, 0.1) is 0 Å². The molecule has 0 aliphatic carbocycles. The van der Waals surface area contributed by atoms with Gasteiger partial charge in [0, 0.05) is 16.9 Å². The fourth-order valence-electron chi connectivity index (χ4n) is 2.36. The van der Waals surface area contributed by atoms with Crippen molar-refractivity contribution in [3.63, 3.8) is 0 Å². The summed E-state index contributed by atoms with van der Waals surface area (Å²) in [5.41, 5.74) is 10.4. The first-order valence-corrected chi connectivity index (χ1v) is 7.14. The van der Waals surface area contributed by atoms with E-state index in [4.69, 9.17) is 5.73 Å². The van der Waals surface area contributed by atoms with Crippen LogP contribution in [0.25, 0.3) is 0 Å². The van der Waals surface area contributed by atoms with Gasteiger partial charge in [-0.05, 0) is 62.9 Å². The van der Waals surface area contributed by atoms with Crippen LogP contribution in [0.15, 0.2) is 48.5 Å². The van der Waals surface area contributed by atoms with Gasteiger partial charge in [-0.3, -0.25) is 0 Å². The fourth-order valence-corrected chi connectivity index (χ4v) is 2.36. The highest BCUT2D eigenvalue weighted by molar-refractivity contribution is 5.58. The molecule has 2 aromatic carbocycles. The molecule has 0 fully saturated rings. The van der Waals surface area contributed by atoms with E-state index >= 15 is 0 Å². The van der Waals surface area contributed by atoms with Gasteiger partial charge in [0.1, 0.15) is 0 Å². The average molecular weight is 268 g/mol. The standard InChI is InChI=1S/C18H24N2/c1-14-13-16(19)9-10-17(14)20-18(2,3)12-11-15-7-5-4-6-8-15/h4-10,13,20H,11-12,19H2,1-3H3. The van der Waals surface area contributed by atoms with Crippen LogP contribution >= 0.6 is 0 Å². The summed E-state index contributed by atoms with van der Waals surface area (Å²) < 4.78 is 0. The van der Waals surface area contributed by atoms with E-state index in [1.165, 1.54) is 11.1 Å². The largest absolute Gasteiger partial charge is 0.399 e. The predicted molar refractivity (Wildman–Crippen MR) is 88.1 cm³/mol. The van der Waals surface area contributed by atoms with E-state index in [-0.39, 0.29) is 5.54 Å². The zero-order valence-corrected chi connectivity index (χ0v) is 12.6. The van der Waals surface area contributed by atoms with Crippen LogP contribution < -0.4 is 11.1 Å². The first kappa shape index (κ1) is 14.4. The maximum absolute atomic E-state index is 5.80. The van der Waals surface area contributed by atoms with Gasteiger partial charge in [0.2, 0.25) is 0 Å². The number of nitrogen functional groups attached to an aromatic ring is 1. The minimum atomic E-state index is 0.0523. The molecular weight excluding hydrogens is 244 g/mol. The molecule has 0 aromatic heterocycles. The van der Waals surface area contributed by atoms with Gasteiger partial charge in [-0.25, -0.2) is 0 Å². The Kier molecular flexibility index (Phi) is 4.33. The van der Waals surface area contributed by atoms with Crippen LogP contribution in [0.4, 0.5) is 11.4 Å². The molecule has 0 amide bonds. The van der Waals surface area contributed by atoms with Crippen molar-refractivity contribution < 1.29 is 0 Å². The van der Waals surface area contributed by atoms with Crippen LogP contribution in [0, 0.1) is 6.92 Å². The molecule has 0 spiro atoms. The van der Waals surface area contributed by atoms with Gasteiger partial charge in [-0.15, -0.1) is 0 Å². The molecule has 0 radical (unpaired) electrons. The zero-order chi connectivity index (χ0) is 14.6. The highest BCUT2D eigenvalue weighted by Gasteiger charge is 2.18. The van der Waals surface area contributed by atoms with Crippen LogP contribution in [0.5, 0.6) is 0 Å². The first-order chi connectivity index (χ1) is 9.46. The van der Waals surface area contributed by atoms with E-state index in [9.17, 15) is 0 Å². The van der Waals surface area contributed by atoms with Crippen molar-refractivity contribution in [2.75, 3.05) is 11.1 Å². The second-order valence-corrected chi connectivity index (χ2v) is 6.07. The third-order valence-electron chi connectivity index (χ3n) is 3.61. The molecule has 20 heavy (non-hydrogen) atoms. The van der Waals surface area contributed by atoms with Crippen molar-refractivity contribution in [2.24, 2.45) is 0 Å². The third kappa shape index (κ3) is 4.02. The molecule has 2 heteroatoms. The molecule has 0 heterocycles. The zero-order valence-electron chi connectivity index (χ0n) is 12.6. The molecule has 0 saturated heterocycles. The Morgan fingerprint density at radius 1 is 1.05 bits per heavy atom. The summed E-state index contributed by atoms with van der Waals surface area (Å²) in [5.74, 6) is 0. The number of hydrogen-bond acceptors (Lipinski definition) is 2. The predicted octanol–water partition coefficient (Wildman–Crippen LogP) is 4.40. The molecule has 2 nitrogen and oxygen atoms in total. The fraction of sp³-hybridized carbons (Fsp3) is 0.333. The molecule has 0 atom stereocenters. The monoisotopic (exact) mass is 268 g/mol. The van der Waals surface area contributed by atoms with Crippen LogP contribution in [0.3, 0.4) is 0 Å². The lowest BCUT2D eigenvalue weighted by Gasteiger charge is -2.29. The summed E-state index contributed by atoms with van der Waals surface area (Å²) in [6.07, 6.45) is 2.16. The maximum atomic E-state index is 5.80. The van der Waals surface area contributed by atoms with Crippen molar-refractivity contribution >= 4 is 11.4 Å². The van der Waals surface area contributed by atoms with E-state index in [1.807, 2.05) is 12.1 Å². The number of hydrogen-bond donors (Lipinski definition) is 2. The number of rotatable bonds is 5. The summed E-state index contributed by atoms with van der Waals surface area (Å²) in [6.45, 7) is 6.57. The Morgan fingerprint density at radius 3 is 2.40 bits per heavy atom. The van der Waals surface area contributed by atoms with Crippen LogP contribution in [0.1, 0.15) is 31.4 Å². The van der Waals surface area contributed by atoms with Crippen LogP contribution in [-0.2, 0) is 6.42 Å². The first-order valence-electron chi connectivity index (χ1n) is 7.14. The summed E-state index contributed by atoms with van der Waals surface area (Å²) in [6, 6.07) is 16.6. The lowest BCUT2D eigenvalue weighted by molar-refractivity contribution is 0.518. The molecular formula is C18H24N2. The second kappa shape index (κ2) is 6.00. The molecule has 106 valence electrons. The molecule has 0 unspecified atom stereocenters. The van der Waals surface area contributed by atoms with E-state index in [2.05, 4.69) is 62.5 Å². The third-order valence-corrected chi connectivity index (χ3v) is 3.61. The smallest absolute Gasteiger partial charge is 0.0375 e. The number of anilines is 2. The molecule has 0 aliphatic rings. The topological polar surface area (TPSA) is 38.0 Å². The Morgan fingerprint density at radius 2 is 1.75 bits per heavy atom. The minimum Gasteiger partial charge on any atom is -0.399 e. The number of benzene rings is 2. The maximum Gasteiger partial charge on any atom is 0.0375 e. The summed E-state index contributed by atoms with van der Waals surface area (Å²) >= 11 is 0. The summed E-state index contributed by atoms with van der Waals surface area (Å²) in [4.78, 5) is 0. The minimum absolute atomic E-state index is 0.0523. The van der Waals surface area contributed by atoms with E-state index in [0.29, 0.717) is 0 Å². The molecule has 2 aromatic rings. The van der Waals surface area contributed by atoms with E-state index < -0.39 is 0 Å². The van der Waals surface area contributed by atoms with Crippen molar-refractivity contribution in [1.29, 1.82) is 0 Å². The lowest BCUT2D eigenvalue weighted by Crippen LogP contribution is -2.31. The van der Waals surface area contributed by atoms with E-state index in [0.717, 1.165) is 24.2 Å². The van der Waals surface area contributed by atoms with Crippen LogP contribution in [0.2, 0.25) is 0 Å². The van der Waals surface area contributed by atoms with Gasteiger partial charge < -0.3 is 11.1 Å².